The maximum Gasteiger partial charge on any atom is 0.469 e. The van der Waals surface area contributed by atoms with Crippen LogP contribution in [0.5, 0.6) is 0 Å². The van der Waals surface area contributed by atoms with Gasteiger partial charge in [0.25, 0.3) is 0 Å². The molecule has 0 aliphatic carbocycles. The highest BCUT2D eigenvalue weighted by molar-refractivity contribution is 7.46. The lowest BCUT2D eigenvalue weighted by Crippen LogP contribution is -2.37. The van der Waals surface area contributed by atoms with Crippen molar-refractivity contribution in [3.05, 3.63) is 24.3 Å². The summed E-state index contributed by atoms with van der Waals surface area (Å²) in [7, 11) is -4.89. The van der Waals surface area contributed by atoms with Crippen LogP contribution >= 0.6 is 7.82 Å². The lowest BCUT2D eigenvalue weighted by Gasteiger charge is -2.18. The van der Waals surface area contributed by atoms with E-state index in [4.69, 9.17) is 28.7 Å². The molecule has 32 heavy (non-hydrogen) atoms. The second-order valence-corrected chi connectivity index (χ2v) is 7.34. The Kier molecular flexibility index (Phi) is 13.6. The summed E-state index contributed by atoms with van der Waals surface area (Å²) in [4.78, 5) is 63.4. The van der Waals surface area contributed by atoms with Gasteiger partial charge in [-0.3, -0.25) is 4.52 Å². The molecular weight excluding hydrogens is 455 g/mol. The summed E-state index contributed by atoms with van der Waals surface area (Å²) in [6.45, 7) is 7.71. The largest absolute Gasteiger partial charge is 0.469 e. The van der Waals surface area contributed by atoms with Gasteiger partial charge in [-0.05, 0) is 13.8 Å². The molecule has 0 aromatic carbocycles. The van der Waals surface area contributed by atoms with Crippen molar-refractivity contribution in [3.8, 4) is 0 Å². The van der Waals surface area contributed by atoms with Crippen LogP contribution in [0.25, 0.3) is 0 Å². The fraction of sp³-hybridized carbons (Fsp3) is 0.529. The van der Waals surface area contributed by atoms with Crippen LogP contribution in [0.15, 0.2) is 24.3 Å². The minimum Gasteiger partial charge on any atom is -0.460 e. The number of ether oxygens (including phenoxy) is 4. The first-order chi connectivity index (χ1) is 14.8. The second-order valence-electron chi connectivity index (χ2n) is 6.10. The summed E-state index contributed by atoms with van der Waals surface area (Å²) in [5.41, 5.74) is 0.358. The van der Waals surface area contributed by atoms with E-state index in [1.807, 2.05) is 0 Å². The molecule has 4 N–H and O–H groups in total. The number of hydrogen-bond donors (Lipinski definition) is 4. The number of amides is 2. The molecule has 15 heteroatoms. The number of rotatable bonds is 14. The molecule has 0 aromatic heterocycles. The Labute approximate surface area is 184 Å². The van der Waals surface area contributed by atoms with Gasteiger partial charge >= 0.3 is 31.9 Å². The highest BCUT2D eigenvalue weighted by Crippen LogP contribution is 2.35. The van der Waals surface area contributed by atoms with Crippen molar-refractivity contribution in [1.82, 2.24) is 10.6 Å². The van der Waals surface area contributed by atoms with Crippen molar-refractivity contribution in [1.29, 1.82) is 0 Å². The van der Waals surface area contributed by atoms with Crippen LogP contribution in [0.2, 0.25) is 0 Å². The molecule has 182 valence electrons. The van der Waals surface area contributed by atoms with E-state index in [0.29, 0.717) is 0 Å². The van der Waals surface area contributed by atoms with E-state index in [9.17, 15) is 23.7 Å². The monoisotopic (exact) mass is 482 g/mol. The van der Waals surface area contributed by atoms with Crippen molar-refractivity contribution >= 4 is 31.9 Å². The summed E-state index contributed by atoms with van der Waals surface area (Å²) < 4.78 is 34.3. The summed E-state index contributed by atoms with van der Waals surface area (Å²) in [6, 6.07) is 0. The number of alkyl carbamates (subject to hydrolysis) is 2. The third-order valence-electron chi connectivity index (χ3n) is 3.01. The Morgan fingerprint density at radius 3 is 1.75 bits per heavy atom. The fourth-order valence-corrected chi connectivity index (χ4v) is 1.91. The van der Waals surface area contributed by atoms with Gasteiger partial charge in [-0.25, -0.2) is 23.7 Å². The average molecular weight is 482 g/mol. The van der Waals surface area contributed by atoms with Gasteiger partial charge in [0.2, 0.25) is 0 Å². The number of hydrogen-bond acceptors (Lipinski definition) is 10. The number of phosphoric acid groups is 1. The van der Waals surface area contributed by atoms with E-state index in [1.165, 1.54) is 13.8 Å². The highest BCUT2D eigenvalue weighted by Gasteiger charge is 2.23. The molecule has 1 unspecified atom stereocenters. The van der Waals surface area contributed by atoms with Gasteiger partial charge in [0.05, 0.1) is 19.7 Å². The van der Waals surface area contributed by atoms with Crippen LogP contribution in [0.4, 0.5) is 9.59 Å². The van der Waals surface area contributed by atoms with Gasteiger partial charge in [-0.2, -0.15) is 0 Å². The summed E-state index contributed by atoms with van der Waals surface area (Å²) in [5, 5.41) is 4.47. The van der Waals surface area contributed by atoms with Crippen molar-refractivity contribution in [3.63, 3.8) is 0 Å². The molecule has 0 heterocycles. The zero-order valence-corrected chi connectivity index (χ0v) is 18.6. The number of esters is 2. The number of carbonyl (C=O) groups excluding carboxylic acids is 4. The van der Waals surface area contributed by atoms with Gasteiger partial charge < -0.3 is 39.4 Å². The van der Waals surface area contributed by atoms with Gasteiger partial charge in [0.15, 0.2) is 6.10 Å². The van der Waals surface area contributed by atoms with Crippen LogP contribution in [0, 0.1) is 0 Å². The van der Waals surface area contributed by atoms with Crippen LogP contribution in [0.1, 0.15) is 13.8 Å². The first-order valence-corrected chi connectivity index (χ1v) is 10.5. The van der Waals surface area contributed by atoms with Crippen LogP contribution in [-0.2, 0) is 37.6 Å². The zero-order chi connectivity index (χ0) is 24.7. The Bertz CT molecular complexity index is 748. The fourth-order valence-electron chi connectivity index (χ4n) is 1.55. The van der Waals surface area contributed by atoms with Crippen molar-refractivity contribution in [2.45, 2.75) is 20.0 Å². The lowest BCUT2D eigenvalue weighted by molar-refractivity contribution is -0.139. The van der Waals surface area contributed by atoms with Crippen LogP contribution in [0.3, 0.4) is 0 Å². The summed E-state index contributed by atoms with van der Waals surface area (Å²) in [6.07, 6.45) is -3.41. The summed E-state index contributed by atoms with van der Waals surface area (Å²) in [5.74, 6) is -1.29. The first-order valence-electron chi connectivity index (χ1n) is 9.02. The third-order valence-corrected chi connectivity index (χ3v) is 3.49. The molecule has 1 atom stereocenters. The molecule has 0 radical (unpaired) electrons. The molecular formula is C17H27N2O12P. The molecule has 0 aliphatic rings. The molecule has 14 nitrogen and oxygen atoms in total. The molecule has 0 saturated carbocycles. The van der Waals surface area contributed by atoms with Gasteiger partial charge in [0.1, 0.15) is 19.8 Å². The van der Waals surface area contributed by atoms with E-state index < -0.39 is 51.3 Å². The highest BCUT2D eigenvalue weighted by atomic mass is 31.2. The Hall–Kier alpha value is -2.93. The molecule has 0 bridgehead atoms. The average Bonchev–Trinajstić information content (AvgIpc) is 2.69. The van der Waals surface area contributed by atoms with Crippen molar-refractivity contribution < 1.29 is 57.0 Å². The summed E-state index contributed by atoms with van der Waals surface area (Å²) >= 11 is 0. The third kappa shape index (κ3) is 15.8. The molecule has 0 aromatic rings. The first kappa shape index (κ1) is 29.1. The predicted octanol–water partition coefficient (Wildman–Crippen LogP) is 0.155. The number of nitrogens with one attached hydrogen (secondary N) is 2. The molecule has 0 saturated heterocycles. The quantitative estimate of drug-likeness (QED) is 0.0861. The molecule has 0 rings (SSSR count). The SMILES string of the molecule is C=C(C)C(=O)OCCNC(=O)OCC(COP(=O)(O)O)OC(=O)NCCOC(=O)C(=C)C. The van der Waals surface area contributed by atoms with Crippen molar-refractivity contribution in [2.75, 3.05) is 39.5 Å². The minimum absolute atomic E-state index is 0.0915. The number of phosphoric ester groups is 1. The smallest absolute Gasteiger partial charge is 0.460 e. The number of carbonyl (C=O) groups is 4. The molecule has 0 aliphatic heterocycles. The molecule has 0 spiro atoms. The molecule has 2 amide bonds. The minimum atomic E-state index is -4.89. The van der Waals surface area contributed by atoms with Gasteiger partial charge in [-0.1, -0.05) is 13.2 Å². The lowest BCUT2D eigenvalue weighted by atomic mass is 10.4. The van der Waals surface area contributed by atoms with Crippen molar-refractivity contribution in [2.24, 2.45) is 0 Å². The van der Waals surface area contributed by atoms with Gasteiger partial charge in [0, 0.05) is 11.1 Å². The van der Waals surface area contributed by atoms with Crippen LogP contribution in [-0.4, -0.2) is 79.5 Å². The standard InChI is InChI=1S/C17H27N2O12P/c1-11(2)14(20)27-7-5-18-16(22)29-9-13(10-30-32(24,25)26)31-17(23)19-6-8-28-15(21)12(3)4/h13H,1,3,5-10H2,2,4H3,(H,18,22)(H,19,23)(H2,24,25,26). The maximum absolute atomic E-state index is 11.8. The van der Waals surface area contributed by atoms with E-state index in [0.717, 1.165) is 0 Å². The topological polar surface area (TPSA) is 196 Å². The maximum atomic E-state index is 11.8. The molecule has 0 fully saturated rings. The Balaban J connectivity index is 4.44. The predicted molar refractivity (Wildman–Crippen MR) is 107 cm³/mol. The van der Waals surface area contributed by atoms with E-state index in [-0.39, 0.29) is 37.4 Å². The second kappa shape index (κ2) is 15.0. The van der Waals surface area contributed by atoms with E-state index in [2.05, 4.69) is 28.3 Å². The zero-order valence-electron chi connectivity index (χ0n) is 17.7. The Morgan fingerprint density at radius 1 is 0.844 bits per heavy atom. The van der Waals surface area contributed by atoms with E-state index in [1.54, 1.807) is 0 Å². The normalized spacial score (nSPS) is 11.5. The van der Waals surface area contributed by atoms with E-state index >= 15 is 0 Å². The Morgan fingerprint density at radius 2 is 1.31 bits per heavy atom. The van der Waals surface area contributed by atoms with Crippen LogP contribution < -0.4 is 10.6 Å². The van der Waals surface area contributed by atoms with Gasteiger partial charge in [-0.15, -0.1) is 0 Å².